The van der Waals surface area contributed by atoms with Crippen molar-refractivity contribution in [2.45, 2.75) is 39.0 Å². The van der Waals surface area contributed by atoms with Gasteiger partial charge in [-0.3, -0.25) is 9.59 Å². The summed E-state index contributed by atoms with van der Waals surface area (Å²) in [6.07, 6.45) is 0.533. The van der Waals surface area contributed by atoms with Gasteiger partial charge in [0.2, 0.25) is 0 Å². The van der Waals surface area contributed by atoms with Gasteiger partial charge in [0, 0.05) is 20.1 Å². The van der Waals surface area contributed by atoms with Crippen LogP contribution in [0.5, 0.6) is 0 Å². The zero-order valence-electron chi connectivity index (χ0n) is 16.0. The number of carbonyl (C=O) groups excluding carboxylic acids is 2. The number of alkyl halides is 1. The molecule has 0 spiro atoms. The highest BCUT2D eigenvalue weighted by Gasteiger charge is 2.38. The third-order valence-electron chi connectivity index (χ3n) is 4.63. The number of aryl methyl sites for hydroxylation is 2. The fraction of sp³-hybridized carbons (Fsp3) is 0.588. The molecule has 2 aromatic rings. The molecule has 0 aromatic carbocycles. The van der Waals surface area contributed by atoms with Gasteiger partial charge in [-0.15, -0.1) is 5.10 Å². The van der Waals surface area contributed by atoms with E-state index < -0.39 is 12.2 Å². The average Bonchev–Trinajstić information content (AvgIpc) is 3.35. The number of aromatic nitrogens is 4. The molecule has 0 bridgehead atoms. The Morgan fingerprint density at radius 3 is 2.89 bits per heavy atom. The molecule has 2 aromatic heterocycles. The normalized spacial score (nSPS) is 19.2. The monoisotopic (exact) mass is 394 g/mol. The predicted octanol–water partition coefficient (Wildman–Crippen LogP) is 0.512. The molecule has 28 heavy (non-hydrogen) atoms. The van der Waals surface area contributed by atoms with Crippen LogP contribution in [0.25, 0.3) is 0 Å². The number of hydrogen-bond acceptors (Lipinski definition) is 7. The molecule has 1 saturated heterocycles. The van der Waals surface area contributed by atoms with Crippen LogP contribution in [-0.2, 0) is 11.3 Å². The summed E-state index contributed by atoms with van der Waals surface area (Å²) < 4.78 is 25.5. The van der Waals surface area contributed by atoms with E-state index in [9.17, 15) is 14.0 Å². The Labute approximate surface area is 161 Å². The van der Waals surface area contributed by atoms with E-state index in [1.807, 2.05) is 0 Å². The van der Waals surface area contributed by atoms with E-state index in [2.05, 4.69) is 20.8 Å². The summed E-state index contributed by atoms with van der Waals surface area (Å²) in [6.45, 7) is 4.29. The minimum absolute atomic E-state index is 0.00732. The maximum atomic E-state index is 14.1. The molecule has 1 N–H and O–H groups in total. The van der Waals surface area contributed by atoms with E-state index in [0.29, 0.717) is 30.2 Å². The lowest BCUT2D eigenvalue weighted by molar-refractivity contribution is 0.0711. The van der Waals surface area contributed by atoms with Gasteiger partial charge in [-0.25, -0.2) is 9.07 Å². The van der Waals surface area contributed by atoms with Crippen molar-refractivity contribution in [3.05, 3.63) is 28.9 Å². The number of methoxy groups -OCH3 is 1. The van der Waals surface area contributed by atoms with Crippen LogP contribution in [0.1, 0.15) is 38.7 Å². The van der Waals surface area contributed by atoms with Gasteiger partial charge in [-0.2, -0.15) is 0 Å². The first kappa shape index (κ1) is 19.9. The van der Waals surface area contributed by atoms with Gasteiger partial charge in [0.25, 0.3) is 11.8 Å². The van der Waals surface area contributed by atoms with E-state index >= 15 is 0 Å². The van der Waals surface area contributed by atoms with E-state index in [4.69, 9.17) is 9.26 Å². The lowest BCUT2D eigenvalue weighted by atomic mass is 10.1. The molecule has 10 nitrogen and oxygen atoms in total. The molecule has 11 heteroatoms. The molecule has 1 aliphatic rings. The second kappa shape index (κ2) is 8.46. The number of nitrogens with zero attached hydrogens (tertiary/aromatic N) is 5. The molecule has 0 radical (unpaired) electrons. The molecule has 2 unspecified atom stereocenters. The number of ether oxygens (including phenoxy) is 1. The smallest absolute Gasteiger partial charge is 0.273 e. The van der Waals surface area contributed by atoms with Crippen LogP contribution in [0, 0.1) is 13.8 Å². The largest absolute Gasteiger partial charge is 0.383 e. The van der Waals surface area contributed by atoms with Gasteiger partial charge in [0.05, 0.1) is 37.6 Å². The average molecular weight is 394 g/mol. The summed E-state index contributed by atoms with van der Waals surface area (Å²) in [5, 5.41) is 14.2. The highest BCUT2D eigenvalue weighted by Crippen LogP contribution is 2.26. The molecular formula is C17H23FN6O4. The molecule has 0 aliphatic carbocycles. The van der Waals surface area contributed by atoms with Crippen molar-refractivity contribution in [3.63, 3.8) is 0 Å². The molecule has 1 fully saturated rings. The number of carbonyl (C=O) groups is 2. The molecular weight excluding hydrogens is 371 g/mol. The molecule has 3 heterocycles. The van der Waals surface area contributed by atoms with Gasteiger partial charge in [0.1, 0.15) is 17.5 Å². The van der Waals surface area contributed by atoms with Crippen molar-refractivity contribution in [2.75, 3.05) is 26.8 Å². The van der Waals surface area contributed by atoms with Crippen molar-refractivity contribution in [2.24, 2.45) is 0 Å². The van der Waals surface area contributed by atoms with Gasteiger partial charge in [-0.1, -0.05) is 10.4 Å². The first-order valence-corrected chi connectivity index (χ1v) is 8.95. The number of halogens is 1. The zero-order valence-corrected chi connectivity index (χ0v) is 16.0. The van der Waals surface area contributed by atoms with E-state index in [1.54, 1.807) is 13.8 Å². The highest BCUT2D eigenvalue weighted by molar-refractivity contribution is 5.96. The molecule has 3 rings (SSSR count). The van der Waals surface area contributed by atoms with Crippen LogP contribution in [0.15, 0.2) is 10.7 Å². The second-order valence-electron chi connectivity index (χ2n) is 6.72. The third kappa shape index (κ3) is 4.19. The van der Waals surface area contributed by atoms with Gasteiger partial charge in [0.15, 0.2) is 5.69 Å². The summed E-state index contributed by atoms with van der Waals surface area (Å²) in [5.74, 6) is -0.292. The van der Waals surface area contributed by atoms with Crippen molar-refractivity contribution in [1.29, 1.82) is 0 Å². The third-order valence-corrected chi connectivity index (χ3v) is 4.63. The lowest BCUT2D eigenvalue weighted by Gasteiger charge is -2.24. The number of likely N-dealkylation sites (tertiary alicyclic amines) is 1. The fourth-order valence-corrected chi connectivity index (χ4v) is 3.28. The standard InChI is InChI=1S/C17H23FN6O4/c1-10-15(11(2)28-21-10)17(26)24-7-12(18)6-13(24)8-23-9-14(20-22-23)16(25)19-4-5-27-3/h9,12-13H,4-8H2,1-3H3,(H,19,25). The van der Waals surface area contributed by atoms with Crippen LogP contribution in [0.4, 0.5) is 4.39 Å². The molecule has 1 aliphatic heterocycles. The second-order valence-corrected chi connectivity index (χ2v) is 6.72. The number of hydrogen-bond donors (Lipinski definition) is 1. The molecule has 0 saturated carbocycles. The summed E-state index contributed by atoms with van der Waals surface area (Å²) in [4.78, 5) is 26.4. The Hall–Kier alpha value is -2.82. The van der Waals surface area contributed by atoms with Crippen molar-refractivity contribution >= 4 is 11.8 Å². The summed E-state index contributed by atoms with van der Waals surface area (Å²) in [7, 11) is 1.54. The van der Waals surface area contributed by atoms with Crippen LogP contribution in [0.3, 0.4) is 0 Å². The summed E-state index contributed by atoms with van der Waals surface area (Å²) in [5.41, 5.74) is 0.977. The molecule has 2 atom stereocenters. The van der Waals surface area contributed by atoms with Crippen LogP contribution >= 0.6 is 0 Å². The minimum atomic E-state index is -1.13. The quantitative estimate of drug-likeness (QED) is 0.681. The Morgan fingerprint density at radius 2 is 2.21 bits per heavy atom. The fourth-order valence-electron chi connectivity index (χ4n) is 3.28. The van der Waals surface area contributed by atoms with E-state index in [1.165, 1.54) is 22.9 Å². The van der Waals surface area contributed by atoms with Crippen molar-refractivity contribution < 1.29 is 23.2 Å². The Morgan fingerprint density at radius 1 is 1.43 bits per heavy atom. The SMILES string of the molecule is COCCNC(=O)c1cn(CC2CC(F)CN2C(=O)c2c(C)noc2C)nn1. The minimum Gasteiger partial charge on any atom is -0.383 e. The molecule has 2 amide bonds. The molecule has 152 valence electrons. The van der Waals surface area contributed by atoms with Crippen LogP contribution in [-0.4, -0.2) is 75.9 Å². The maximum absolute atomic E-state index is 14.1. The van der Waals surface area contributed by atoms with Gasteiger partial charge >= 0.3 is 0 Å². The Bertz CT molecular complexity index is 831. The maximum Gasteiger partial charge on any atom is 0.273 e. The van der Waals surface area contributed by atoms with E-state index in [-0.39, 0.29) is 37.0 Å². The van der Waals surface area contributed by atoms with Gasteiger partial charge < -0.3 is 19.5 Å². The zero-order chi connectivity index (χ0) is 20.3. The number of nitrogens with one attached hydrogen (secondary N) is 1. The number of rotatable bonds is 7. The summed E-state index contributed by atoms with van der Waals surface area (Å²) in [6, 6.07) is -0.415. The first-order chi connectivity index (χ1) is 13.4. The Balaban J connectivity index is 1.69. The first-order valence-electron chi connectivity index (χ1n) is 8.95. The summed E-state index contributed by atoms with van der Waals surface area (Å²) >= 11 is 0. The van der Waals surface area contributed by atoms with Crippen molar-refractivity contribution in [1.82, 2.24) is 30.4 Å². The van der Waals surface area contributed by atoms with Crippen LogP contribution < -0.4 is 5.32 Å². The number of amides is 2. The van der Waals surface area contributed by atoms with E-state index in [0.717, 1.165) is 0 Å². The predicted molar refractivity (Wildman–Crippen MR) is 94.5 cm³/mol. The van der Waals surface area contributed by atoms with Crippen LogP contribution in [0.2, 0.25) is 0 Å². The highest BCUT2D eigenvalue weighted by atomic mass is 19.1. The lowest BCUT2D eigenvalue weighted by Crippen LogP contribution is -2.38. The van der Waals surface area contributed by atoms with Gasteiger partial charge in [-0.05, 0) is 13.8 Å². The topological polar surface area (TPSA) is 115 Å². The Kier molecular flexibility index (Phi) is 6.02. The van der Waals surface area contributed by atoms with Crippen molar-refractivity contribution in [3.8, 4) is 0 Å².